The number of likely N-dealkylation sites (tertiary alicyclic amines) is 1. The summed E-state index contributed by atoms with van der Waals surface area (Å²) in [5, 5.41) is 0. The van der Waals surface area contributed by atoms with E-state index in [9.17, 15) is 4.79 Å². The molecule has 2 saturated heterocycles. The number of piperidine rings is 1. The Labute approximate surface area is 116 Å². The Morgan fingerprint density at radius 3 is 2.58 bits per heavy atom. The van der Waals surface area contributed by atoms with Crippen LogP contribution in [0.25, 0.3) is 0 Å². The average molecular weight is 269 g/mol. The van der Waals surface area contributed by atoms with Crippen molar-refractivity contribution in [1.29, 1.82) is 0 Å². The molecule has 0 radical (unpaired) electrons. The SMILES string of the molecule is CCCN1CCC(N(C)C(=O)C2COCC2N)CC1. The predicted molar refractivity (Wildman–Crippen MR) is 74.8 cm³/mol. The minimum absolute atomic E-state index is 0.130. The van der Waals surface area contributed by atoms with Crippen molar-refractivity contribution in [1.82, 2.24) is 9.80 Å². The lowest BCUT2D eigenvalue weighted by Gasteiger charge is -2.37. The fourth-order valence-electron chi connectivity index (χ4n) is 3.11. The summed E-state index contributed by atoms with van der Waals surface area (Å²) < 4.78 is 5.30. The van der Waals surface area contributed by atoms with Gasteiger partial charge in [-0.05, 0) is 25.8 Å². The third-order valence-electron chi connectivity index (χ3n) is 4.43. The van der Waals surface area contributed by atoms with E-state index in [0.717, 1.165) is 25.9 Å². The Morgan fingerprint density at radius 2 is 2.05 bits per heavy atom. The van der Waals surface area contributed by atoms with Crippen molar-refractivity contribution in [2.45, 2.75) is 38.3 Å². The van der Waals surface area contributed by atoms with Crippen LogP contribution in [0, 0.1) is 5.92 Å². The van der Waals surface area contributed by atoms with Crippen LogP contribution >= 0.6 is 0 Å². The molecule has 0 aliphatic carbocycles. The molecule has 0 aromatic carbocycles. The van der Waals surface area contributed by atoms with Gasteiger partial charge in [0.15, 0.2) is 0 Å². The number of rotatable bonds is 4. The van der Waals surface area contributed by atoms with E-state index in [0.29, 0.717) is 19.3 Å². The lowest BCUT2D eigenvalue weighted by atomic mass is 9.98. The van der Waals surface area contributed by atoms with Gasteiger partial charge in [0.1, 0.15) is 0 Å². The molecule has 1 amide bonds. The first kappa shape index (κ1) is 14.8. The molecule has 2 fully saturated rings. The third kappa shape index (κ3) is 3.46. The molecule has 0 aromatic heterocycles. The van der Waals surface area contributed by atoms with Crippen molar-refractivity contribution in [3.8, 4) is 0 Å². The Kier molecular flexibility index (Phi) is 5.19. The summed E-state index contributed by atoms with van der Waals surface area (Å²) in [5.74, 6) is 0.0256. The van der Waals surface area contributed by atoms with Crippen molar-refractivity contribution in [2.24, 2.45) is 11.7 Å². The van der Waals surface area contributed by atoms with Crippen LogP contribution in [0.1, 0.15) is 26.2 Å². The van der Waals surface area contributed by atoms with E-state index in [1.54, 1.807) is 0 Å². The van der Waals surface area contributed by atoms with E-state index in [-0.39, 0.29) is 17.9 Å². The van der Waals surface area contributed by atoms with E-state index >= 15 is 0 Å². The topological polar surface area (TPSA) is 58.8 Å². The Hall–Kier alpha value is -0.650. The average Bonchev–Trinajstić information content (AvgIpc) is 2.84. The fraction of sp³-hybridized carbons (Fsp3) is 0.929. The number of hydrogen-bond donors (Lipinski definition) is 1. The minimum atomic E-state index is -0.140. The van der Waals surface area contributed by atoms with Gasteiger partial charge in [-0.15, -0.1) is 0 Å². The number of hydrogen-bond acceptors (Lipinski definition) is 4. The highest BCUT2D eigenvalue weighted by Gasteiger charge is 2.36. The van der Waals surface area contributed by atoms with Gasteiger partial charge in [0.25, 0.3) is 0 Å². The van der Waals surface area contributed by atoms with Crippen molar-refractivity contribution in [3.05, 3.63) is 0 Å². The van der Waals surface area contributed by atoms with Gasteiger partial charge in [-0.1, -0.05) is 6.92 Å². The Bertz CT molecular complexity index is 303. The molecule has 5 heteroatoms. The summed E-state index contributed by atoms with van der Waals surface area (Å²) >= 11 is 0. The zero-order valence-electron chi connectivity index (χ0n) is 12.2. The van der Waals surface area contributed by atoms with Gasteiger partial charge >= 0.3 is 0 Å². The van der Waals surface area contributed by atoms with Gasteiger partial charge in [-0.25, -0.2) is 0 Å². The van der Waals surface area contributed by atoms with E-state index in [1.165, 1.54) is 13.0 Å². The zero-order valence-corrected chi connectivity index (χ0v) is 12.2. The molecule has 2 atom stereocenters. The van der Waals surface area contributed by atoms with Crippen LogP contribution < -0.4 is 5.73 Å². The van der Waals surface area contributed by atoms with Gasteiger partial charge in [0.05, 0.1) is 19.1 Å². The molecular weight excluding hydrogens is 242 g/mol. The highest BCUT2D eigenvalue weighted by Crippen LogP contribution is 2.20. The Morgan fingerprint density at radius 1 is 1.37 bits per heavy atom. The number of ether oxygens (including phenoxy) is 1. The van der Waals surface area contributed by atoms with E-state index in [4.69, 9.17) is 10.5 Å². The summed E-state index contributed by atoms with van der Waals surface area (Å²) in [6.07, 6.45) is 3.35. The summed E-state index contributed by atoms with van der Waals surface area (Å²) in [6.45, 7) is 6.58. The predicted octanol–water partition coefficient (Wildman–Crippen LogP) is 0.293. The van der Waals surface area contributed by atoms with E-state index in [2.05, 4.69) is 11.8 Å². The summed E-state index contributed by atoms with van der Waals surface area (Å²) in [4.78, 5) is 16.8. The standard InChI is InChI=1S/C14H27N3O2/c1-3-6-17-7-4-11(5-8-17)16(2)14(18)12-9-19-10-13(12)15/h11-13H,3-10,15H2,1-2H3. The van der Waals surface area contributed by atoms with Gasteiger partial charge in [-0.2, -0.15) is 0 Å². The van der Waals surface area contributed by atoms with Crippen LogP contribution in [0.2, 0.25) is 0 Å². The summed E-state index contributed by atoms with van der Waals surface area (Å²) in [6, 6.07) is 0.239. The molecular formula is C14H27N3O2. The highest BCUT2D eigenvalue weighted by atomic mass is 16.5. The molecule has 2 aliphatic heterocycles. The normalized spacial score (nSPS) is 29.6. The van der Waals surface area contributed by atoms with E-state index < -0.39 is 0 Å². The monoisotopic (exact) mass is 269 g/mol. The quantitative estimate of drug-likeness (QED) is 0.797. The summed E-state index contributed by atoms with van der Waals surface area (Å²) in [5.41, 5.74) is 5.93. The molecule has 0 saturated carbocycles. The van der Waals surface area contributed by atoms with Crippen LogP contribution in [0.15, 0.2) is 0 Å². The minimum Gasteiger partial charge on any atom is -0.379 e. The second-order valence-electron chi connectivity index (χ2n) is 5.83. The van der Waals surface area contributed by atoms with Crippen LogP contribution in [0.4, 0.5) is 0 Å². The van der Waals surface area contributed by atoms with Gasteiger partial charge in [0, 0.05) is 32.2 Å². The van der Waals surface area contributed by atoms with Crippen molar-refractivity contribution >= 4 is 5.91 Å². The molecule has 2 unspecified atom stereocenters. The molecule has 2 aliphatic rings. The molecule has 0 aromatic rings. The molecule has 2 rings (SSSR count). The molecule has 0 spiro atoms. The second-order valence-corrected chi connectivity index (χ2v) is 5.83. The number of amides is 1. The number of carbonyl (C=O) groups is 1. The second kappa shape index (κ2) is 6.68. The van der Waals surface area contributed by atoms with Crippen molar-refractivity contribution in [2.75, 3.05) is 39.9 Å². The molecule has 19 heavy (non-hydrogen) atoms. The number of nitrogens with two attached hydrogens (primary N) is 1. The van der Waals surface area contributed by atoms with Crippen LogP contribution in [-0.4, -0.2) is 67.7 Å². The van der Waals surface area contributed by atoms with Gasteiger partial charge in [-0.3, -0.25) is 4.79 Å². The van der Waals surface area contributed by atoms with Crippen molar-refractivity contribution < 1.29 is 9.53 Å². The third-order valence-corrected chi connectivity index (χ3v) is 4.43. The van der Waals surface area contributed by atoms with Crippen LogP contribution in [0.3, 0.4) is 0 Å². The van der Waals surface area contributed by atoms with Crippen LogP contribution in [-0.2, 0) is 9.53 Å². The molecule has 2 heterocycles. The largest absolute Gasteiger partial charge is 0.379 e. The lowest BCUT2D eigenvalue weighted by molar-refractivity contribution is -0.137. The maximum Gasteiger partial charge on any atom is 0.229 e. The molecule has 5 nitrogen and oxygen atoms in total. The Balaban J connectivity index is 1.83. The summed E-state index contributed by atoms with van der Waals surface area (Å²) in [7, 11) is 1.92. The molecule has 2 N–H and O–H groups in total. The van der Waals surface area contributed by atoms with Gasteiger partial charge in [0.2, 0.25) is 5.91 Å². The smallest absolute Gasteiger partial charge is 0.229 e. The first-order chi connectivity index (χ1) is 9.13. The number of nitrogens with zero attached hydrogens (tertiary/aromatic N) is 2. The van der Waals surface area contributed by atoms with Crippen LogP contribution in [0.5, 0.6) is 0 Å². The first-order valence-electron chi connectivity index (χ1n) is 7.45. The highest BCUT2D eigenvalue weighted by molar-refractivity contribution is 5.80. The molecule has 0 bridgehead atoms. The maximum atomic E-state index is 12.4. The first-order valence-corrected chi connectivity index (χ1v) is 7.45. The van der Waals surface area contributed by atoms with Crippen molar-refractivity contribution in [3.63, 3.8) is 0 Å². The maximum absolute atomic E-state index is 12.4. The van der Waals surface area contributed by atoms with Gasteiger partial charge < -0.3 is 20.3 Å². The fourth-order valence-corrected chi connectivity index (χ4v) is 3.11. The van der Waals surface area contributed by atoms with E-state index in [1.807, 2.05) is 11.9 Å². The number of carbonyl (C=O) groups excluding carboxylic acids is 1. The molecule has 110 valence electrons. The zero-order chi connectivity index (χ0) is 13.8. The lowest BCUT2D eigenvalue weighted by Crippen LogP contribution is -2.50.